The topological polar surface area (TPSA) is 96.5 Å². The SMILES string of the molecule is CC(C)COC(=O)N[C@H](C(=O)N[C@H](CNC(=O)c1ccc(Cl)cc1)C(C)C)C(C)C. The van der Waals surface area contributed by atoms with Crippen molar-refractivity contribution in [3.63, 3.8) is 0 Å². The van der Waals surface area contributed by atoms with E-state index in [4.69, 9.17) is 16.3 Å². The van der Waals surface area contributed by atoms with Crippen LogP contribution in [0.4, 0.5) is 4.79 Å². The average Bonchev–Trinajstić information content (AvgIpc) is 2.67. The Morgan fingerprint density at radius 1 is 0.933 bits per heavy atom. The van der Waals surface area contributed by atoms with Gasteiger partial charge in [-0.3, -0.25) is 9.59 Å². The summed E-state index contributed by atoms with van der Waals surface area (Å²) in [7, 11) is 0. The third-order valence-corrected chi connectivity index (χ3v) is 4.74. The zero-order valence-electron chi connectivity index (χ0n) is 18.6. The van der Waals surface area contributed by atoms with Gasteiger partial charge in [0.25, 0.3) is 5.91 Å². The van der Waals surface area contributed by atoms with Crippen LogP contribution < -0.4 is 16.0 Å². The molecule has 0 fully saturated rings. The Morgan fingerprint density at radius 2 is 1.53 bits per heavy atom. The molecule has 3 amide bonds. The van der Waals surface area contributed by atoms with Crippen molar-refractivity contribution < 1.29 is 19.1 Å². The fourth-order valence-electron chi connectivity index (χ4n) is 2.58. The lowest BCUT2D eigenvalue weighted by molar-refractivity contribution is -0.125. The molecule has 0 saturated heterocycles. The summed E-state index contributed by atoms with van der Waals surface area (Å²) in [6.07, 6.45) is -0.616. The lowest BCUT2D eigenvalue weighted by atomic mass is 10.00. The number of benzene rings is 1. The monoisotopic (exact) mass is 439 g/mol. The third kappa shape index (κ3) is 9.03. The fourth-order valence-corrected chi connectivity index (χ4v) is 2.70. The number of amides is 3. The molecule has 0 saturated carbocycles. The Morgan fingerprint density at radius 3 is 2.03 bits per heavy atom. The molecule has 2 atom stereocenters. The Balaban J connectivity index is 2.69. The largest absolute Gasteiger partial charge is 0.449 e. The van der Waals surface area contributed by atoms with E-state index in [1.54, 1.807) is 24.3 Å². The minimum Gasteiger partial charge on any atom is -0.449 e. The molecule has 0 heterocycles. The summed E-state index contributed by atoms with van der Waals surface area (Å²) in [5, 5.41) is 8.97. The number of alkyl carbamates (subject to hydrolysis) is 1. The lowest BCUT2D eigenvalue weighted by Crippen LogP contribution is -2.55. The summed E-state index contributed by atoms with van der Waals surface area (Å²) < 4.78 is 5.13. The highest BCUT2D eigenvalue weighted by molar-refractivity contribution is 6.30. The van der Waals surface area contributed by atoms with Crippen molar-refractivity contribution in [3.05, 3.63) is 34.9 Å². The Bertz CT molecular complexity index is 705. The molecule has 0 radical (unpaired) electrons. The number of halogens is 1. The van der Waals surface area contributed by atoms with E-state index in [-0.39, 0.29) is 48.8 Å². The van der Waals surface area contributed by atoms with Crippen molar-refractivity contribution >= 4 is 29.5 Å². The van der Waals surface area contributed by atoms with Gasteiger partial charge in [0, 0.05) is 23.2 Å². The van der Waals surface area contributed by atoms with Gasteiger partial charge in [-0.15, -0.1) is 0 Å². The maximum atomic E-state index is 12.8. The van der Waals surface area contributed by atoms with Crippen molar-refractivity contribution in [3.8, 4) is 0 Å². The quantitative estimate of drug-likeness (QED) is 0.518. The van der Waals surface area contributed by atoms with E-state index in [1.807, 2.05) is 41.5 Å². The molecule has 1 aromatic carbocycles. The van der Waals surface area contributed by atoms with Crippen molar-refractivity contribution in [1.82, 2.24) is 16.0 Å². The number of rotatable bonds is 10. The van der Waals surface area contributed by atoms with Crippen molar-refractivity contribution in [2.75, 3.05) is 13.2 Å². The lowest BCUT2D eigenvalue weighted by Gasteiger charge is -2.27. The second-order valence-electron chi connectivity index (χ2n) is 8.43. The van der Waals surface area contributed by atoms with Crippen LogP contribution in [0.2, 0.25) is 5.02 Å². The van der Waals surface area contributed by atoms with Crippen LogP contribution in [0.5, 0.6) is 0 Å². The summed E-state index contributed by atoms with van der Waals surface area (Å²) in [6, 6.07) is 5.54. The minimum absolute atomic E-state index is 0.0696. The van der Waals surface area contributed by atoms with E-state index in [1.165, 1.54) is 0 Å². The Labute approximate surface area is 184 Å². The van der Waals surface area contributed by atoms with Crippen molar-refractivity contribution in [2.45, 2.75) is 53.6 Å². The first-order valence-electron chi connectivity index (χ1n) is 10.3. The fraction of sp³-hybridized carbons (Fsp3) is 0.591. The molecule has 0 aliphatic heterocycles. The van der Waals surface area contributed by atoms with E-state index in [0.717, 1.165) is 0 Å². The summed E-state index contributed by atoms with van der Waals surface area (Å²) in [4.78, 5) is 37.2. The summed E-state index contributed by atoms with van der Waals surface area (Å²) >= 11 is 5.85. The first-order chi connectivity index (χ1) is 14.0. The van der Waals surface area contributed by atoms with Gasteiger partial charge in [0.05, 0.1) is 6.61 Å². The smallest absolute Gasteiger partial charge is 0.407 e. The molecule has 7 nitrogen and oxygen atoms in total. The van der Waals surface area contributed by atoms with E-state index in [9.17, 15) is 14.4 Å². The van der Waals surface area contributed by atoms with Crippen LogP contribution in [0.15, 0.2) is 24.3 Å². The van der Waals surface area contributed by atoms with E-state index in [2.05, 4.69) is 16.0 Å². The zero-order valence-corrected chi connectivity index (χ0v) is 19.4. The standard InChI is InChI=1S/C22H34ClN3O4/c1-13(2)12-30-22(29)26-19(15(5)6)21(28)25-18(14(3)4)11-24-20(27)16-7-9-17(23)10-8-16/h7-10,13-15,18-19H,11-12H2,1-6H3,(H,24,27)(H,25,28)(H,26,29)/t18-,19+/m1/s1. The molecule has 0 bridgehead atoms. The second-order valence-corrected chi connectivity index (χ2v) is 8.87. The predicted molar refractivity (Wildman–Crippen MR) is 119 cm³/mol. The molecule has 0 aliphatic carbocycles. The molecule has 0 unspecified atom stereocenters. The molecule has 30 heavy (non-hydrogen) atoms. The molecule has 168 valence electrons. The maximum absolute atomic E-state index is 12.8. The van der Waals surface area contributed by atoms with Gasteiger partial charge >= 0.3 is 6.09 Å². The molecule has 0 aromatic heterocycles. The van der Waals surface area contributed by atoms with Crippen LogP contribution in [0, 0.1) is 17.8 Å². The molecular formula is C22H34ClN3O4. The van der Waals surface area contributed by atoms with Crippen LogP contribution in [-0.2, 0) is 9.53 Å². The van der Waals surface area contributed by atoms with Gasteiger partial charge in [0.2, 0.25) is 5.91 Å². The van der Waals surface area contributed by atoms with Crippen molar-refractivity contribution in [1.29, 1.82) is 0 Å². The van der Waals surface area contributed by atoms with Gasteiger partial charge in [0.15, 0.2) is 0 Å². The normalized spacial score (nSPS) is 13.1. The van der Waals surface area contributed by atoms with Crippen LogP contribution in [0.3, 0.4) is 0 Å². The summed E-state index contributed by atoms with van der Waals surface area (Å²) in [5.41, 5.74) is 0.489. The molecule has 8 heteroatoms. The Hall–Kier alpha value is -2.28. The van der Waals surface area contributed by atoms with Crippen molar-refractivity contribution in [2.24, 2.45) is 17.8 Å². The van der Waals surface area contributed by atoms with Crippen LogP contribution >= 0.6 is 11.6 Å². The highest BCUT2D eigenvalue weighted by atomic mass is 35.5. The van der Waals surface area contributed by atoms with Gasteiger partial charge in [-0.05, 0) is 42.0 Å². The zero-order chi connectivity index (χ0) is 22.8. The molecular weight excluding hydrogens is 406 g/mol. The Kier molecular flexibility index (Phi) is 10.7. The number of nitrogens with one attached hydrogen (secondary N) is 3. The average molecular weight is 440 g/mol. The maximum Gasteiger partial charge on any atom is 0.407 e. The van der Waals surface area contributed by atoms with Gasteiger partial charge in [-0.2, -0.15) is 0 Å². The predicted octanol–water partition coefficient (Wildman–Crippen LogP) is 3.62. The highest BCUT2D eigenvalue weighted by Gasteiger charge is 2.28. The number of carbonyl (C=O) groups is 3. The molecule has 1 rings (SSSR count). The first-order valence-corrected chi connectivity index (χ1v) is 10.7. The minimum atomic E-state index is -0.738. The second kappa shape index (κ2) is 12.4. The van der Waals surface area contributed by atoms with Crippen LogP contribution in [0.1, 0.15) is 51.9 Å². The van der Waals surface area contributed by atoms with Gasteiger partial charge in [-0.1, -0.05) is 53.1 Å². The number of ether oxygens (including phenoxy) is 1. The molecule has 1 aromatic rings. The van der Waals surface area contributed by atoms with E-state index < -0.39 is 12.1 Å². The first kappa shape index (κ1) is 25.8. The number of hydrogen-bond acceptors (Lipinski definition) is 4. The number of hydrogen-bond donors (Lipinski definition) is 3. The van der Waals surface area contributed by atoms with Crippen LogP contribution in [-0.4, -0.2) is 43.1 Å². The van der Waals surface area contributed by atoms with Crippen LogP contribution in [0.25, 0.3) is 0 Å². The van der Waals surface area contributed by atoms with Gasteiger partial charge in [-0.25, -0.2) is 4.79 Å². The third-order valence-electron chi connectivity index (χ3n) is 4.49. The van der Waals surface area contributed by atoms with E-state index >= 15 is 0 Å². The van der Waals surface area contributed by atoms with Gasteiger partial charge in [0.1, 0.15) is 6.04 Å². The highest BCUT2D eigenvalue weighted by Crippen LogP contribution is 2.10. The summed E-state index contributed by atoms with van der Waals surface area (Å²) in [5.74, 6) is -0.418. The summed E-state index contributed by atoms with van der Waals surface area (Å²) in [6.45, 7) is 12.0. The molecule has 3 N–H and O–H groups in total. The number of carbonyl (C=O) groups excluding carboxylic acids is 3. The molecule has 0 aliphatic rings. The van der Waals surface area contributed by atoms with Gasteiger partial charge < -0.3 is 20.7 Å². The molecule has 0 spiro atoms. The van der Waals surface area contributed by atoms with E-state index in [0.29, 0.717) is 10.6 Å².